The highest BCUT2D eigenvalue weighted by atomic mass is 16.4. The van der Waals surface area contributed by atoms with Crippen LogP contribution in [-0.4, -0.2) is 49.9 Å². The third-order valence-electron chi connectivity index (χ3n) is 4.40. The Hall–Kier alpha value is -3.16. The summed E-state index contributed by atoms with van der Waals surface area (Å²) in [7, 11) is 0. The van der Waals surface area contributed by atoms with Crippen LogP contribution in [0, 0.1) is 0 Å². The summed E-state index contributed by atoms with van der Waals surface area (Å²) in [5.74, 6) is 0.817. The number of aromatic nitrogens is 4. The summed E-state index contributed by atoms with van der Waals surface area (Å²) in [4.78, 5) is 21.5. The molecule has 128 valence electrons. The summed E-state index contributed by atoms with van der Waals surface area (Å²) < 4.78 is 1.82. The second-order valence-corrected chi connectivity index (χ2v) is 6.08. The van der Waals surface area contributed by atoms with Crippen LogP contribution >= 0.6 is 0 Å². The first-order chi connectivity index (χ1) is 12.2. The van der Waals surface area contributed by atoms with E-state index >= 15 is 0 Å². The fourth-order valence-electron chi connectivity index (χ4n) is 3.23. The molecule has 4 rings (SSSR count). The molecule has 0 saturated carbocycles. The Morgan fingerprint density at radius 1 is 1.24 bits per heavy atom. The van der Waals surface area contributed by atoms with Crippen LogP contribution in [0.3, 0.4) is 0 Å². The lowest BCUT2D eigenvalue weighted by atomic mass is 10.1. The molecule has 1 aliphatic rings. The van der Waals surface area contributed by atoms with Gasteiger partial charge in [0, 0.05) is 37.1 Å². The van der Waals surface area contributed by atoms with Gasteiger partial charge < -0.3 is 15.3 Å². The Morgan fingerprint density at radius 3 is 2.88 bits per heavy atom. The molecule has 4 heterocycles. The maximum absolute atomic E-state index is 10.9. The first-order valence-corrected chi connectivity index (χ1v) is 8.20. The summed E-state index contributed by atoms with van der Waals surface area (Å²) in [6.45, 7) is 1.47. The molecule has 0 aliphatic carbocycles. The smallest absolute Gasteiger partial charge is 0.404 e. The van der Waals surface area contributed by atoms with E-state index in [-0.39, 0.29) is 6.04 Å². The van der Waals surface area contributed by atoms with E-state index in [1.807, 2.05) is 28.8 Å². The normalized spacial score (nSPS) is 17.6. The molecule has 1 fully saturated rings. The minimum absolute atomic E-state index is 0.0776. The van der Waals surface area contributed by atoms with Crippen molar-refractivity contribution in [1.82, 2.24) is 24.9 Å². The Morgan fingerprint density at radius 2 is 2.08 bits per heavy atom. The number of anilines is 1. The van der Waals surface area contributed by atoms with Crippen LogP contribution in [0.2, 0.25) is 0 Å². The zero-order chi connectivity index (χ0) is 17.2. The van der Waals surface area contributed by atoms with E-state index in [0.29, 0.717) is 6.54 Å². The fraction of sp³-hybridized carbons (Fsp3) is 0.294. The summed E-state index contributed by atoms with van der Waals surface area (Å²) in [5.41, 5.74) is 2.67. The lowest BCUT2D eigenvalue weighted by Crippen LogP contribution is -2.47. The maximum atomic E-state index is 10.9. The number of piperidine rings is 1. The van der Waals surface area contributed by atoms with Crippen molar-refractivity contribution < 1.29 is 9.90 Å². The number of imidazole rings is 1. The van der Waals surface area contributed by atoms with Crippen LogP contribution in [-0.2, 0) is 0 Å². The molecule has 2 N–H and O–H groups in total. The summed E-state index contributed by atoms with van der Waals surface area (Å²) in [5, 5.41) is 16.2. The van der Waals surface area contributed by atoms with Gasteiger partial charge >= 0.3 is 6.09 Å². The van der Waals surface area contributed by atoms with Gasteiger partial charge in [-0.2, -0.15) is 0 Å². The van der Waals surface area contributed by atoms with E-state index < -0.39 is 6.09 Å². The molecule has 25 heavy (non-hydrogen) atoms. The summed E-state index contributed by atoms with van der Waals surface area (Å²) in [6, 6.07) is 7.63. The number of fused-ring (bicyclic) bond motifs is 1. The standard InChI is InChI=1S/C17H18N6O2/c24-17(25)20-13-2-1-9-22(11-13)16-4-3-15-19-10-14(23(15)21-16)12-5-7-18-8-6-12/h3-8,10,13,20H,1-2,9,11H2,(H,24,25). The lowest BCUT2D eigenvalue weighted by molar-refractivity contribution is 0.188. The molecule has 1 atom stereocenters. The average Bonchev–Trinajstić information content (AvgIpc) is 3.05. The number of rotatable bonds is 3. The topological polar surface area (TPSA) is 95.7 Å². The number of hydrogen-bond acceptors (Lipinski definition) is 5. The van der Waals surface area contributed by atoms with Crippen LogP contribution in [0.25, 0.3) is 16.9 Å². The summed E-state index contributed by atoms with van der Waals surface area (Å²) in [6.07, 6.45) is 6.07. The number of hydrogen-bond donors (Lipinski definition) is 2. The van der Waals surface area contributed by atoms with E-state index in [1.54, 1.807) is 18.6 Å². The summed E-state index contributed by atoms with van der Waals surface area (Å²) >= 11 is 0. The first-order valence-electron chi connectivity index (χ1n) is 8.20. The predicted octanol–water partition coefficient (Wildman–Crippen LogP) is 2.03. The average molecular weight is 338 g/mol. The van der Waals surface area contributed by atoms with Crippen molar-refractivity contribution in [3.63, 3.8) is 0 Å². The van der Waals surface area contributed by atoms with E-state index in [2.05, 4.69) is 20.2 Å². The van der Waals surface area contributed by atoms with Gasteiger partial charge in [0.05, 0.1) is 11.9 Å². The van der Waals surface area contributed by atoms with Gasteiger partial charge in [0.25, 0.3) is 0 Å². The van der Waals surface area contributed by atoms with Gasteiger partial charge in [-0.25, -0.2) is 14.3 Å². The molecule has 0 aromatic carbocycles. The molecule has 1 aliphatic heterocycles. The number of pyridine rings is 1. The van der Waals surface area contributed by atoms with Crippen molar-refractivity contribution in [2.24, 2.45) is 0 Å². The molecule has 1 unspecified atom stereocenters. The van der Waals surface area contributed by atoms with E-state index in [1.165, 1.54) is 0 Å². The fourth-order valence-corrected chi connectivity index (χ4v) is 3.23. The zero-order valence-corrected chi connectivity index (χ0v) is 13.5. The largest absolute Gasteiger partial charge is 0.465 e. The Balaban J connectivity index is 1.65. The maximum Gasteiger partial charge on any atom is 0.404 e. The van der Waals surface area contributed by atoms with Gasteiger partial charge in [0.1, 0.15) is 5.82 Å². The molecule has 0 spiro atoms. The van der Waals surface area contributed by atoms with Gasteiger partial charge in [-0.15, -0.1) is 5.10 Å². The van der Waals surface area contributed by atoms with Crippen molar-refractivity contribution in [3.05, 3.63) is 42.9 Å². The van der Waals surface area contributed by atoms with Crippen LogP contribution in [0.15, 0.2) is 42.9 Å². The van der Waals surface area contributed by atoms with Crippen molar-refractivity contribution in [2.75, 3.05) is 18.0 Å². The Kier molecular flexibility index (Phi) is 3.93. The highest BCUT2D eigenvalue weighted by Crippen LogP contribution is 2.22. The minimum Gasteiger partial charge on any atom is -0.465 e. The molecule has 0 radical (unpaired) electrons. The van der Waals surface area contributed by atoms with Crippen LogP contribution in [0.5, 0.6) is 0 Å². The van der Waals surface area contributed by atoms with E-state index in [9.17, 15) is 4.79 Å². The molecular weight excluding hydrogens is 320 g/mol. The minimum atomic E-state index is -0.982. The van der Waals surface area contributed by atoms with Crippen LogP contribution < -0.4 is 10.2 Å². The number of nitrogens with one attached hydrogen (secondary N) is 1. The van der Waals surface area contributed by atoms with Crippen molar-refractivity contribution in [1.29, 1.82) is 0 Å². The molecule has 1 amide bonds. The Labute approximate surface area is 144 Å². The molecular formula is C17H18N6O2. The zero-order valence-electron chi connectivity index (χ0n) is 13.5. The Bertz CT molecular complexity index is 895. The number of carbonyl (C=O) groups is 1. The molecule has 3 aromatic heterocycles. The first kappa shape index (κ1) is 15.4. The van der Waals surface area contributed by atoms with Gasteiger partial charge in [0.2, 0.25) is 0 Å². The quantitative estimate of drug-likeness (QED) is 0.759. The highest BCUT2D eigenvalue weighted by molar-refractivity contribution is 5.65. The van der Waals surface area contributed by atoms with E-state index in [4.69, 9.17) is 10.2 Å². The third kappa shape index (κ3) is 3.10. The molecule has 8 heteroatoms. The van der Waals surface area contributed by atoms with Crippen molar-refractivity contribution >= 4 is 17.6 Å². The van der Waals surface area contributed by atoms with Gasteiger partial charge in [0.15, 0.2) is 5.65 Å². The second-order valence-electron chi connectivity index (χ2n) is 6.08. The van der Waals surface area contributed by atoms with Gasteiger partial charge in [-0.3, -0.25) is 4.98 Å². The number of carboxylic acid groups (broad SMARTS) is 1. The monoisotopic (exact) mass is 338 g/mol. The molecule has 8 nitrogen and oxygen atoms in total. The number of nitrogens with zero attached hydrogens (tertiary/aromatic N) is 5. The van der Waals surface area contributed by atoms with Gasteiger partial charge in [-0.1, -0.05) is 0 Å². The third-order valence-corrected chi connectivity index (χ3v) is 4.40. The van der Waals surface area contributed by atoms with Crippen molar-refractivity contribution in [2.45, 2.75) is 18.9 Å². The molecule has 3 aromatic rings. The van der Waals surface area contributed by atoms with Gasteiger partial charge in [-0.05, 0) is 37.1 Å². The number of amides is 1. The SMILES string of the molecule is O=C(O)NC1CCCN(c2ccc3ncc(-c4ccncc4)n3n2)C1. The predicted molar refractivity (Wildman–Crippen MR) is 92.6 cm³/mol. The highest BCUT2D eigenvalue weighted by Gasteiger charge is 2.22. The van der Waals surface area contributed by atoms with Crippen molar-refractivity contribution in [3.8, 4) is 11.3 Å². The van der Waals surface area contributed by atoms with Crippen LogP contribution in [0.1, 0.15) is 12.8 Å². The molecule has 1 saturated heterocycles. The van der Waals surface area contributed by atoms with Crippen LogP contribution in [0.4, 0.5) is 10.6 Å². The van der Waals surface area contributed by atoms with E-state index in [0.717, 1.165) is 42.1 Å². The molecule has 0 bridgehead atoms. The second kappa shape index (κ2) is 6.39. The lowest BCUT2D eigenvalue weighted by Gasteiger charge is -2.33.